The molecular weight excluding hydrogens is 272 g/mol. The number of methoxy groups -OCH3 is 1. The van der Waals surface area contributed by atoms with Gasteiger partial charge in [-0.1, -0.05) is 12.2 Å². The summed E-state index contributed by atoms with van der Waals surface area (Å²) in [7, 11) is -2.15. The Labute approximate surface area is 112 Å². The lowest BCUT2D eigenvalue weighted by molar-refractivity contribution is 0.414. The minimum atomic E-state index is -3.66. The van der Waals surface area contributed by atoms with Crippen molar-refractivity contribution in [2.45, 2.75) is 24.3 Å². The summed E-state index contributed by atoms with van der Waals surface area (Å²) in [6.45, 7) is 3.22. The van der Waals surface area contributed by atoms with E-state index in [1.165, 1.54) is 19.2 Å². The molecule has 0 fully saturated rings. The van der Waals surface area contributed by atoms with Gasteiger partial charge in [0, 0.05) is 0 Å². The highest BCUT2D eigenvalue weighted by Gasteiger charge is 2.28. The molecule has 0 aromatic heterocycles. The Kier molecular flexibility index (Phi) is 4.31. The highest BCUT2D eigenvalue weighted by Crippen LogP contribution is 2.17. The average Bonchev–Trinajstić information content (AvgIpc) is 2.27. The van der Waals surface area contributed by atoms with Crippen LogP contribution in [0.15, 0.2) is 29.2 Å². The van der Waals surface area contributed by atoms with Gasteiger partial charge in [-0.3, -0.25) is 0 Å². The average molecular weight is 288 g/mol. The topological polar surface area (TPSA) is 81.4 Å². The second-order valence-electron chi connectivity index (χ2n) is 4.27. The summed E-state index contributed by atoms with van der Waals surface area (Å²) in [4.78, 5) is 0.215. The third-order valence-corrected chi connectivity index (χ3v) is 4.56. The Morgan fingerprint density at radius 1 is 1.33 bits per heavy atom. The molecule has 1 aromatic carbocycles. The molecule has 0 radical (unpaired) electrons. The first kappa shape index (κ1) is 14.9. The molecule has 0 amide bonds. The first-order valence-electron chi connectivity index (χ1n) is 5.17. The van der Waals surface area contributed by atoms with Crippen molar-refractivity contribution < 1.29 is 13.2 Å². The van der Waals surface area contributed by atoms with Crippen LogP contribution in [-0.2, 0) is 10.0 Å². The molecule has 7 heteroatoms. The Balaban J connectivity index is 3.03. The normalized spacial score (nSPS) is 12.2. The Hall–Kier alpha value is -1.18. The smallest absolute Gasteiger partial charge is 0.241 e. The van der Waals surface area contributed by atoms with Gasteiger partial charge in [-0.05, 0) is 38.1 Å². The monoisotopic (exact) mass is 288 g/mol. The highest BCUT2D eigenvalue weighted by molar-refractivity contribution is 7.89. The predicted molar refractivity (Wildman–Crippen MR) is 74.2 cm³/mol. The van der Waals surface area contributed by atoms with Crippen LogP contribution in [0.3, 0.4) is 0 Å². The van der Waals surface area contributed by atoms with E-state index in [-0.39, 0.29) is 9.88 Å². The van der Waals surface area contributed by atoms with E-state index in [4.69, 9.17) is 22.7 Å². The molecule has 0 spiro atoms. The van der Waals surface area contributed by atoms with Crippen molar-refractivity contribution in [2.24, 2.45) is 5.73 Å². The zero-order valence-electron chi connectivity index (χ0n) is 10.4. The molecule has 100 valence electrons. The van der Waals surface area contributed by atoms with Crippen LogP contribution in [-0.4, -0.2) is 26.1 Å². The molecule has 0 saturated heterocycles. The van der Waals surface area contributed by atoms with Crippen molar-refractivity contribution >= 4 is 27.2 Å². The van der Waals surface area contributed by atoms with Gasteiger partial charge in [0.05, 0.1) is 22.5 Å². The van der Waals surface area contributed by atoms with E-state index in [1.54, 1.807) is 26.0 Å². The number of thiocarbonyl (C=S) groups is 1. The van der Waals surface area contributed by atoms with Crippen LogP contribution in [0.5, 0.6) is 5.75 Å². The molecule has 1 aromatic rings. The number of rotatable bonds is 5. The molecule has 0 unspecified atom stereocenters. The summed E-state index contributed by atoms with van der Waals surface area (Å²) in [5.41, 5.74) is 4.51. The number of ether oxygens (including phenoxy) is 1. The number of sulfonamides is 1. The summed E-state index contributed by atoms with van der Waals surface area (Å²) in [6.07, 6.45) is 0. The van der Waals surface area contributed by atoms with E-state index in [0.29, 0.717) is 5.75 Å². The second kappa shape index (κ2) is 5.21. The molecule has 18 heavy (non-hydrogen) atoms. The van der Waals surface area contributed by atoms with Crippen LogP contribution in [0.1, 0.15) is 13.8 Å². The number of nitrogens with two attached hydrogens (primary N) is 1. The minimum Gasteiger partial charge on any atom is -0.497 e. The SMILES string of the molecule is COc1ccc(S(=O)(=O)NC(C)(C)C(N)=S)cc1. The largest absolute Gasteiger partial charge is 0.497 e. The van der Waals surface area contributed by atoms with Crippen molar-refractivity contribution in [3.05, 3.63) is 24.3 Å². The van der Waals surface area contributed by atoms with Gasteiger partial charge in [0.2, 0.25) is 10.0 Å². The maximum atomic E-state index is 12.1. The predicted octanol–water partition coefficient (Wildman–Crippen LogP) is 1.04. The lowest BCUT2D eigenvalue weighted by Gasteiger charge is -2.24. The number of nitrogens with one attached hydrogen (secondary N) is 1. The first-order chi connectivity index (χ1) is 8.19. The molecule has 1 rings (SSSR count). The summed E-state index contributed by atoms with van der Waals surface area (Å²) in [6, 6.07) is 6.05. The van der Waals surface area contributed by atoms with Crippen LogP contribution in [0.25, 0.3) is 0 Å². The van der Waals surface area contributed by atoms with E-state index in [0.717, 1.165) is 0 Å². The van der Waals surface area contributed by atoms with E-state index in [2.05, 4.69) is 4.72 Å². The van der Waals surface area contributed by atoms with Crippen molar-refractivity contribution in [3.8, 4) is 5.75 Å². The fraction of sp³-hybridized carbons (Fsp3) is 0.364. The molecule has 0 aliphatic carbocycles. The van der Waals surface area contributed by atoms with Gasteiger partial charge in [0.15, 0.2) is 0 Å². The van der Waals surface area contributed by atoms with Gasteiger partial charge in [-0.15, -0.1) is 0 Å². The fourth-order valence-electron chi connectivity index (χ4n) is 1.20. The zero-order valence-corrected chi connectivity index (χ0v) is 12.1. The Bertz CT molecular complexity index is 536. The van der Waals surface area contributed by atoms with Crippen LogP contribution >= 0.6 is 12.2 Å². The van der Waals surface area contributed by atoms with E-state index >= 15 is 0 Å². The summed E-state index contributed by atoms with van der Waals surface area (Å²) >= 11 is 4.82. The van der Waals surface area contributed by atoms with Gasteiger partial charge in [0.25, 0.3) is 0 Å². The molecule has 3 N–H and O–H groups in total. The molecule has 0 atom stereocenters. The molecular formula is C11H16N2O3S2. The molecule has 0 bridgehead atoms. The lowest BCUT2D eigenvalue weighted by Crippen LogP contribution is -2.51. The van der Waals surface area contributed by atoms with Gasteiger partial charge in [-0.2, -0.15) is 4.72 Å². The summed E-state index contributed by atoms with van der Waals surface area (Å²) in [5.74, 6) is 0.586. The van der Waals surface area contributed by atoms with Gasteiger partial charge in [0.1, 0.15) is 5.75 Å². The number of hydrogen-bond donors (Lipinski definition) is 2. The molecule has 0 saturated carbocycles. The van der Waals surface area contributed by atoms with Crippen molar-refractivity contribution in [3.63, 3.8) is 0 Å². The van der Waals surface area contributed by atoms with Crippen molar-refractivity contribution in [1.29, 1.82) is 0 Å². The third-order valence-electron chi connectivity index (χ3n) is 2.38. The minimum absolute atomic E-state index is 0.0830. The van der Waals surface area contributed by atoms with Crippen LogP contribution in [0.2, 0.25) is 0 Å². The van der Waals surface area contributed by atoms with Gasteiger partial charge in [-0.25, -0.2) is 8.42 Å². The quantitative estimate of drug-likeness (QED) is 0.791. The zero-order chi connectivity index (χ0) is 14.0. The maximum Gasteiger partial charge on any atom is 0.241 e. The second-order valence-corrected chi connectivity index (χ2v) is 6.39. The first-order valence-corrected chi connectivity index (χ1v) is 7.06. The van der Waals surface area contributed by atoms with Crippen molar-refractivity contribution in [2.75, 3.05) is 7.11 Å². The number of hydrogen-bond acceptors (Lipinski definition) is 4. The fourth-order valence-corrected chi connectivity index (χ4v) is 2.71. The third kappa shape index (κ3) is 3.41. The Morgan fingerprint density at radius 2 is 1.83 bits per heavy atom. The van der Waals surface area contributed by atoms with E-state index in [9.17, 15) is 8.42 Å². The summed E-state index contributed by atoms with van der Waals surface area (Å²) in [5, 5.41) is 0. The van der Waals surface area contributed by atoms with Crippen LogP contribution in [0.4, 0.5) is 0 Å². The van der Waals surface area contributed by atoms with Crippen LogP contribution in [0, 0.1) is 0 Å². The van der Waals surface area contributed by atoms with E-state index < -0.39 is 15.6 Å². The number of benzene rings is 1. The Morgan fingerprint density at radius 3 is 2.22 bits per heavy atom. The molecule has 5 nitrogen and oxygen atoms in total. The standard InChI is InChI=1S/C11H16N2O3S2/c1-11(2,10(12)17)13-18(14,15)9-6-4-8(16-3)5-7-9/h4-7,13H,1-3H3,(H2,12,17). The lowest BCUT2D eigenvalue weighted by atomic mass is 10.1. The van der Waals surface area contributed by atoms with Gasteiger partial charge < -0.3 is 10.5 Å². The summed E-state index contributed by atoms with van der Waals surface area (Å²) < 4.78 is 31.6. The molecule has 0 heterocycles. The highest BCUT2D eigenvalue weighted by atomic mass is 32.2. The van der Waals surface area contributed by atoms with Crippen molar-refractivity contribution in [1.82, 2.24) is 4.72 Å². The van der Waals surface area contributed by atoms with Gasteiger partial charge >= 0.3 is 0 Å². The maximum absolute atomic E-state index is 12.1. The van der Waals surface area contributed by atoms with Crippen LogP contribution < -0.4 is 15.2 Å². The molecule has 0 aliphatic rings. The van der Waals surface area contributed by atoms with E-state index in [1.807, 2.05) is 0 Å². The molecule has 0 aliphatic heterocycles.